The first-order chi connectivity index (χ1) is 42.0. The Balaban J connectivity index is 5.18. The van der Waals surface area contributed by atoms with Crippen LogP contribution in [-0.2, 0) is 65.4 Å². The Bertz CT molecular complexity index is 1690. The van der Waals surface area contributed by atoms with E-state index in [0.717, 1.165) is 95.8 Å². The SMILES string of the molecule is CCCCCCCCCCCCCCCCCCCCC(=O)O[C@H](COC(=O)CCCCCCCCCCC(C)C)COP(=O)(O)OC[C@@H](O)COP(=O)(O)OC[C@@H](COC(=O)CCCCCCCCCCC)OC(=O)CCCCCCCCCCC. The number of carbonyl (C=O) groups is 4. The highest BCUT2D eigenvalue weighted by Crippen LogP contribution is 2.45. The van der Waals surface area contributed by atoms with Crippen LogP contribution in [0.2, 0.25) is 0 Å². The fourth-order valence-corrected chi connectivity index (χ4v) is 11.9. The molecule has 0 aromatic rings. The van der Waals surface area contributed by atoms with Gasteiger partial charge in [-0.05, 0) is 31.6 Å². The Kier molecular flexibility index (Phi) is 60.2. The average Bonchev–Trinajstić information content (AvgIpc) is 3.71. The van der Waals surface area contributed by atoms with Crippen molar-refractivity contribution in [2.75, 3.05) is 39.6 Å². The molecule has 0 heterocycles. The van der Waals surface area contributed by atoms with Gasteiger partial charge in [0, 0.05) is 25.7 Å². The Hall–Kier alpha value is -1.94. The number of rotatable bonds is 68. The van der Waals surface area contributed by atoms with Crippen LogP contribution in [0.25, 0.3) is 0 Å². The lowest BCUT2D eigenvalue weighted by molar-refractivity contribution is -0.161. The fraction of sp³-hybridized carbons (Fsp3) is 0.941. The molecule has 0 amide bonds. The smallest absolute Gasteiger partial charge is 0.462 e. The monoisotopic (exact) mass is 1280 g/mol. The number of unbranched alkanes of at least 4 members (excludes halogenated alkanes) is 40. The van der Waals surface area contributed by atoms with Gasteiger partial charge in [-0.1, -0.05) is 298 Å². The fourth-order valence-electron chi connectivity index (χ4n) is 10.3. The van der Waals surface area contributed by atoms with Crippen LogP contribution in [0.1, 0.15) is 349 Å². The van der Waals surface area contributed by atoms with Gasteiger partial charge in [-0.2, -0.15) is 0 Å². The molecule has 0 aliphatic rings. The Morgan fingerprint density at radius 1 is 0.310 bits per heavy atom. The van der Waals surface area contributed by atoms with Gasteiger partial charge in [-0.15, -0.1) is 0 Å². The van der Waals surface area contributed by atoms with Gasteiger partial charge in [0.25, 0.3) is 0 Å². The van der Waals surface area contributed by atoms with Crippen molar-refractivity contribution >= 4 is 39.5 Å². The van der Waals surface area contributed by atoms with E-state index in [-0.39, 0.29) is 25.7 Å². The summed E-state index contributed by atoms with van der Waals surface area (Å²) in [5.74, 6) is -1.40. The number of esters is 4. The Labute approximate surface area is 530 Å². The highest BCUT2D eigenvalue weighted by atomic mass is 31.2. The maximum atomic E-state index is 13.0. The summed E-state index contributed by atoms with van der Waals surface area (Å²) in [5, 5.41) is 10.6. The van der Waals surface area contributed by atoms with Gasteiger partial charge >= 0.3 is 39.5 Å². The summed E-state index contributed by atoms with van der Waals surface area (Å²) in [5.41, 5.74) is 0. The molecule has 516 valence electrons. The molecule has 5 atom stereocenters. The molecule has 0 aliphatic heterocycles. The lowest BCUT2D eigenvalue weighted by Crippen LogP contribution is -2.30. The van der Waals surface area contributed by atoms with Gasteiger partial charge in [0.2, 0.25) is 0 Å². The molecular weight excluding hydrogens is 1150 g/mol. The van der Waals surface area contributed by atoms with Crippen LogP contribution in [0.5, 0.6) is 0 Å². The molecule has 3 N–H and O–H groups in total. The number of ether oxygens (including phenoxy) is 4. The van der Waals surface area contributed by atoms with Gasteiger partial charge in [0.05, 0.1) is 26.4 Å². The molecule has 0 rings (SSSR count). The van der Waals surface area contributed by atoms with E-state index in [9.17, 15) is 43.2 Å². The van der Waals surface area contributed by atoms with Crippen molar-refractivity contribution in [3.05, 3.63) is 0 Å². The summed E-state index contributed by atoms with van der Waals surface area (Å²) >= 11 is 0. The van der Waals surface area contributed by atoms with Crippen molar-refractivity contribution in [2.24, 2.45) is 5.92 Å². The first-order valence-corrected chi connectivity index (χ1v) is 38.6. The van der Waals surface area contributed by atoms with E-state index < -0.39 is 97.5 Å². The molecule has 0 aliphatic carbocycles. The second-order valence-corrected chi connectivity index (χ2v) is 27.9. The van der Waals surface area contributed by atoms with Crippen LogP contribution in [0.3, 0.4) is 0 Å². The van der Waals surface area contributed by atoms with Crippen LogP contribution in [0.15, 0.2) is 0 Å². The normalized spacial score (nSPS) is 14.1. The number of aliphatic hydroxyl groups excluding tert-OH is 1. The van der Waals surface area contributed by atoms with E-state index in [4.69, 9.17) is 37.0 Å². The second kappa shape index (κ2) is 61.6. The van der Waals surface area contributed by atoms with E-state index >= 15 is 0 Å². The number of hydrogen-bond donors (Lipinski definition) is 3. The summed E-state index contributed by atoms with van der Waals surface area (Å²) in [4.78, 5) is 72.3. The lowest BCUT2D eigenvalue weighted by Gasteiger charge is -2.21. The van der Waals surface area contributed by atoms with E-state index in [2.05, 4.69) is 34.6 Å². The predicted octanol–water partition coefficient (Wildman–Crippen LogP) is 19.4. The number of phosphoric acid groups is 2. The van der Waals surface area contributed by atoms with Gasteiger partial charge in [0.1, 0.15) is 19.3 Å². The van der Waals surface area contributed by atoms with Gasteiger partial charge in [0.15, 0.2) is 12.2 Å². The summed E-state index contributed by atoms with van der Waals surface area (Å²) < 4.78 is 68.1. The number of phosphoric ester groups is 2. The molecule has 0 fully saturated rings. The molecule has 0 radical (unpaired) electrons. The van der Waals surface area contributed by atoms with Crippen LogP contribution in [-0.4, -0.2) is 96.7 Å². The maximum absolute atomic E-state index is 13.0. The van der Waals surface area contributed by atoms with E-state index in [1.165, 1.54) is 173 Å². The molecule has 17 nitrogen and oxygen atoms in total. The molecule has 87 heavy (non-hydrogen) atoms. The Morgan fingerprint density at radius 3 is 0.782 bits per heavy atom. The third-order valence-electron chi connectivity index (χ3n) is 15.8. The maximum Gasteiger partial charge on any atom is 0.472 e. The van der Waals surface area contributed by atoms with Crippen molar-refractivity contribution in [3.63, 3.8) is 0 Å². The number of hydrogen-bond acceptors (Lipinski definition) is 15. The molecule has 19 heteroatoms. The van der Waals surface area contributed by atoms with Crippen molar-refractivity contribution in [2.45, 2.75) is 368 Å². The number of carbonyl (C=O) groups excluding carboxylic acids is 4. The van der Waals surface area contributed by atoms with Gasteiger partial charge in [-0.3, -0.25) is 37.3 Å². The van der Waals surface area contributed by atoms with Crippen molar-refractivity contribution in [1.82, 2.24) is 0 Å². The molecule has 0 bridgehead atoms. The van der Waals surface area contributed by atoms with Crippen molar-refractivity contribution < 1.29 is 80.2 Å². The number of aliphatic hydroxyl groups is 1. The van der Waals surface area contributed by atoms with E-state index in [1.54, 1.807) is 0 Å². The third-order valence-corrected chi connectivity index (χ3v) is 17.7. The van der Waals surface area contributed by atoms with E-state index in [0.29, 0.717) is 25.7 Å². The zero-order valence-corrected chi connectivity index (χ0v) is 57.9. The van der Waals surface area contributed by atoms with Gasteiger partial charge < -0.3 is 33.8 Å². The topological polar surface area (TPSA) is 237 Å². The quantitative estimate of drug-likeness (QED) is 0.0222. The molecule has 0 aromatic heterocycles. The zero-order valence-electron chi connectivity index (χ0n) is 56.2. The summed E-state index contributed by atoms with van der Waals surface area (Å²) in [6.45, 7) is 7.16. The average molecular weight is 1280 g/mol. The summed E-state index contributed by atoms with van der Waals surface area (Å²) in [7, 11) is -9.89. The van der Waals surface area contributed by atoms with Crippen LogP contribution in [0.4, 0.5) is 0 Å². The van der Waals surface area contributed by atoms with Crippen LogP contribution >= 0.6 is 15.6 Å². The van der Waals surface area contributed by atoms with Crippen LogP contribution < -0.4 is 0 Å². The minimum Gasteiger partial charge on any atom is -0.462 e. The molecule has 0 spiro atoms. The van der Waals surface area contributed by atoms with Crippen molar-refractivity contribution in [1.29, 1.82) is 0 Å². The highest BCUT2D eigenvalue weighted by Gasteiger charge is 2.30. The van der Waals surface area contributed by atoms with E-state index in [1.807, 2.05) is 0 Å². The zero-order chi connectivity index (χ0) is 64.2. The first kappa shape index (κ1) is 85.1. The standard InChI is InChI=1S/C68H132O17P2/c1-6-9-12-15-18-21-22-23-24-25-26-27-28-29-32-39-44-49-54-68(73)85-64(58-79-66(71)52-47-42-37-34-33-35-40-45-50-61(4)5)60-83-87(76,77)81-56-62(69)55-80-86(74,75)82-59-63(84-67(72)53-48-43-38-31-20-17-14-11-8-3)57-78-65(70)51-46-41-36-30-19-16-13-10-7-2/h61-64,69H,6-60H2,1-5H3,(H,74,75)(H,76,77)/t62-,63+,64+/m0/s1. The molecule has 0 aromatic carbocycles. The third kappa shape index (κ3) is 62.6. The summed E-state index contributed by atoms with van der Waals surface area (Å²) in [6.07, 6.45) is 47.3. The molecular formula is C68H132O17P2. The van der Waals surface area contributed by atoms with Gasteiger partial charge in [-0.25, -0.2) is 9.13 Å². The first-order valence-electron chi connectivity index (χ1n) is 35.6. The highest BCUT2D eigenvalue weighted by molar-refractivity contribution is 7.47. The molecule has 2 unspecified atom stereocenters. The Morgan fingerprint density at radius 2 is 0.529 bits per heavy atom. The molecule has 0 saturated heterocycles. The molecule has 0 saturated carbocycles. The second-order valence-electron chi connectivity index (χ2n) is 25.0. The van der Waals surface area contributed by atoms with Crippen LogP contribution in [0, 0.1) is 5.92 Å². The van der Waals surface area contributed by atoms with Crippen molar-refractivity contribution in [3.8, 4) is 0 Å². The minimum atomic E-state index is -4.95. The predicted molar refractivity (Wildman–Crippen MR) is 349 cm³/mol. The summed E-state index contributed by atoms with van der Waals surface area (Å²) in [6, 6.07) is 0. The minimum absolute atomic E-state index is 0.106. The lowest BCUT2D eigenvalue weighted by atomic mass is 10.0. The largest absolute Gasteiger partial charge is 0.472 e.